The quantitative estimate of drug-likeness (QED) is 0.337. The Morgan fingerprint density at radius 2 is 1.36 bits per heavy atom. The van der Waals surface area contributed by atoms with Crippen molar-refractivity contribution in [1.82, 2.24) is 4.90 Å². The largest absolute Gasteiger partial charge is 0.303 e. The maximum atomic E-state index is 13.5. The van der Waals surface area contributed by atoms with E-state index >= 15 is 0 Å². The zero-order valence-corrected chi connectivity index (χ0v) is 20.1. The molecule has 0 unspecified atom stereocenters. The Balaban J connectivity index is 1.38. The van der Waals surface area contributed by atoms with Gasteiger partial charge in [0.1, 0.15) is 11.6 Å². The fourth-order valence-electron chi connectivity index (χ4n) is 4.83. The van der Waals surface area contributed by atoms with Crippen molar-refractivity contribution in [2.45, 2.75) is 37.0 Å². The van der Waals surface area contributed by atoms with Crippen molar-refractivity contribution in [2.24, 2.45) is 0 Å². The smallest absolute Gasteiger partial charge is 0.123 e. The van der Waals surface area contributed by atoms with Crippen LogP contribution in [-0.2, 0) is 5.41 Å². The van der Waals surface area contributed by atoms with Crippen molar-refractivity contribution < 1.29 is 8.78 Å². The standard InChI is InChI=1S/C28H27BrF2N2/c29-24-9-7-23(8-10-24)28(20-32)15-18-33(19-16-28)17-1-2-27(21-3-11-25(30)12-4-21)22-5-13-26(31)14-6-22/h3-14,27H,1-2,15-19H2. The summed E-state index contributed by atoms with van der Waals surface area (Å²) in [5, 5.41) is 9.96. The predicted octanol–water partition coefficient (Wildman–Crippen LogP) is 7.20. The molecule has 1 aliphatic rings. The second kappa shape index (κ2) is 10.6. The molecule has 1 heterocycles. The third-order valence-electron chi connectivity index (χ3n) is 6.83. The van der Waals surface area contributed by atoms with Gasteiger partial charge < -0.3 is 4.90 Å². The topological polar surface area (TPSA) is 27.0 Å². The molecule has 0 radical (unpaired) electrons. The minimum Gasteiger partial charge on any atom is -0.303 e. The monoisotopic (exact) mass is 508 g/mol. The molecule has 1 aliphatic heterocycles. The van der Waals surface area contributed by atoms with Crippen LogP contribution < -0.4 is 0 Å². The van der Waals surface area contributed by atoms with Crippen LogP contribution in [0.4, 0.5) is 8.78 Å². The van der Waals surface area contributed by atoms with Crippen LogP contribution in [-0.4, -0.2) is 24.5 Å². The number of likely N-dealkylation sites (tertiary alicyclic amines) is 1. The van der Waals surface area contributed by atoms with Gasteiger partial charge in [0.2, 0.25) is 0 Å². The predicted molar refractivity (Wildman–Crippen MR) is 131 cm³/mol. The minimum atomic E-state index is -0.415. The number of piperidine rings is 1. The summed E-state index contributed by atoms with van der Waals surface area (Å²) in [6.45, 7) is 2.73. The van der Waals surface area contributed by atoms with E-state index in [0.717, 1.165) is 66.5 Å². The molecule has 170 valence electrons. The van der Waals surface area contributed by atoms with Gasteiger partial charge in [0.05, 0.1) is 11.5 Å². The van der Waals surface area contributed by atoms with Gasteiger partial charge in [-0.3, -0.25) is 0 Å². The van der Waals surface area contributed by atoms with Gasteiger partial charge in [-0.05, 0) is 98.4 Å². The van der Waals surface area contributed by atoms with E-state index in [0.29, 0.717) is 0 Å². The Bertz CT molecular complexity index is 1040. The van der Waals surface area contributed by atoms with Crippen LogP contribution >= 0.6 is 15.9 Å². The van der Waals surface area contributed by atoms with Gasteiger partial charge in [-0.1, -0.05) is 52.3 Å². The number of benzene rings is 3. The number of nitrogens with zero attached hydrogens (tertiary/aromatic N) is 2. The van der Waals surface area contributed by atoms with E-state index in [1.165, 1.54) is 24.3 Å². The third-order valence-corrected chi connectivity index (χ3v) is 7.36. The summed E-state index contributed by atoms with van der Waals surface area (Å²) in [7, 11) is 0. The van der Waals surface area contributed by atoms with E-state index in [1.54, 1.807) is 0 Å². The van der Waals surface area contributed by atoms with Crippen LogP contribution in [0.3, 0.4) is 0 Å². The SMILES string of the molecule is N#CC1(c2ccc(Br)cc2)CCN(CCCC(c2ccc(F)cc2)c2ccc(F)cc2)CC1. The lowest BCUT2D eigenvalue weighted by molar-refractivity contribution is 0.183. The molecule has 3 aromatic carbocycles. The molecule has 2 nitrogen and oxygen atoms in total. The first kappa shape index (κ1) is 23.6. The summed E-state index contributed by atoms with van der Waals surface area (Å²) in [5.74, 6) is -0.412. The van der Waals surface area contributed by atoms with Crippen LogP contribution in [0.2, 0.25) is 0 Å². The van der Waals surface area contributed by atoms with Crippen molar-refractivity contribution in [1.29, 1.82) is 5.26 Å². The molecule has 0 spiro atoms. The molecule has 5 heteroatoms. The van der Waals surface area contributed by atoms with E-state index in [1.807, 2.05) is 36.4 Å². The normalized spacial score (nSPS) is 16.0. The van der Waals surface area contributed by atoms with Gasteiger partial charge in [-0.15, -0.1) is 0 Å². The number of halogens is 3. The summed E-state index contributed by atoms with van der Waals surface area (Å²) < 4.78 is 27.9. The van der Waals surface area contributed by atoms with Crippen LogP contribution in [0, 0.1) is 23.0 Å². The third kappa shape index (κ3) is 5.69. The highest BCUT2D eigenvalue weighted by atomic mass is 79.9. The molecule has 0 saturated carbocycles. The second-order valence-corrected chi connectivity index (χ2v) is 9.76. The first-order chi connectivity index (χ1) is 16.0. The maximum absolute atomic E-state index is 13.5. The molecule has 0 N–H and O–H groups in total. The molecule has 33 heavy (non-hydrogen) atoms. The molecule has 0 atom stereocenters. The van der Waals surface area contributed by atoms with Crippen molar-refractivity contribution >= 4 is 15.9 Å². The average Bonchev–Trinajstić information content (AvgIpc) is 2.84. The lowest BCUT2D eigenvalue weighted by Gasteiger charge is -2.38. The molecule has 1 fully saturated rings. The Hall–Kier alpha value is -2.55. The fraction of sp³-hybridized carbons (Fsp3) is 0.321. The molecular formula is C28H27BrF2N2. The maximum Gasteiger partial charge on any atom is 0.123 e. The summed E-state index contributed by atoms with van der Waals surface area (Å²) >= 11 is 3.47. The van der Waals surface area contributed by atoms with E-state index in [4.69, 9.17) is 0 Å². The lowest BCUT2D eigenvalue weighted by Crippen LogP contribution is -2.42. The summed E-state index contributed by atoms with van der Waals surface area (Å²) in [4.78, 5) is 2.43. The summed E-state index contributed by atoms with van der Waals surface area (Å²) in [5.41, 5.74) is 2.77. The highest BCUT2D eigenvalue weighted by molar-refractivity contribution is 9.10. The summed E-state index contributed by atoms with van der Waals surface area (Å²) in [6, 6.07) is 24.0. The zero-order chi connectivity index (χ0) is 23.3. The number of hydrogen-bond donors (Lipinski definition) is 0. The van der Waals surface area contributed by atoms with Gasteiger partial charge in [0.15, 0.2) is 0 Å². The average molecular weight is 509 g/mol. The van der Waals surface area contributed by atoms with Crippen LogP contribution in [0.5, 0.6) is 0 Å². The lowest BCUT2D eigenvalue weighted by atomic mass is 9.74. The van der Waals surface area contributed by atoms with Crippen molar-refractivity contribution in [3.63, 3.8) is 0 Å². The van der Waals surface area contributed by atoms with Gasteiger partial charge in [0.25, 0.3) is 0 Å². The fourth-order valence-corrected chi connectivity index (χ4v) is 5.09. The Morgan fingerprint density at radius 1 is 0.848 bits per heavy atom. The molecule has 0 amide bonds. The Labute approximate surface area is 203 Å². The van der Waals surface area contributed by atoms with Crippen molar-refractivity contribution in [3.8, 4) is 6.07 Å². The van der Waals surface area contributed by atoms with E-state index in [-0.39, 0.29) is 17.6 Å². The molecule has 1 saturated heterocycles. The second-order valence-electron chi connectivity index (χ2n) is 8.84. The highest BCUT2D eigenvalue weighted by Crippen LogP contribution is 2.36. The van der Waals surface area contributed by atoms with Gasteiger partial charge >= 0.3 is 0 Å². The Morgan fingerprint density at radius 3 is 1.85 bits per heavy atom. The van der Waals surface area contributed by atoms with E-state index in [2.05, 4.69) is 39.0 Å². The van der Waals surface area contributed by atoms with E-state index < -0.39 is 5.41 Å². The zero-order valence-electron chi connectivity index (χ0n) is 18.5. The summed E-state index contributed by atoms with van der Waals surface area (Å²) in [6.07, 6.45) is 3.51. The molecule has 3 aromatic rings. The first-order valence-electron chi connectivity index (χ1n) is 11.4. The minimum absolute atomic E-state index is 0.0944. The van der Waals surface area contributed by atoms with Gasteiger partial charge in [0, 0.05) is 10.4 Å². The molecular weight excluding hydrogens is 482 g/mol. The molecule has 0 aliphatic carbocycles. The number of rotatable bonds is 7. The number of nitriles is 1. The van der Waals surface area contributed by atoms with Gasteiger partial charge in [-0.25, -0.2) is 8.78 Å². The van der Waals surface area contributed by atoms with Crippen molar-refractivity contribution in [2.75, 3.05) is 19.6 Å². The number of hydrogen-bond acceptors (Lipinski definition) is 2. The van der Waals surface area contributed by atoms with Crippen LogP contribution in [0.1, 0.15) is 48.3 Å². The van der Waals surface area contributed by atoms with Crippen molar-refractivity contribution in [3.05, 3.63) is 106 Å². The van der Waals surface area contributed by atoms with Crippen LogP contribution in [0.25, 0.3) is 0 Å². The molecule has 0 aromatic heterocycles. The van der Waals surface area contributed by atoms with Gasteiger partial charge in [-0.2, -0.15) is 5.26 Å². The highest BCUT2D eigenvalue weighted by Gasteiger charge is 2.36. The Kier molecular flexibility index (Phi) is 7.57. The molecule has 4 rings (SSSR count). The van der Waals surface area contributed by atoms with E-state index in [9.17, 15) is 14.0 Å². The van der Waals surface area contributed by atoms with Crippen LogP contribution in [0.15, 0.2) is 77.3 Å². The first-order valence-corrected chi connectivity index (χ1v) is 12.2. The molecule has 0 bridgehead atoms.